The van der Waals surface area contributed by atoms with E-state index in [9.17, 15) is 4.39 Å². The van der Waals surface area contributed by atoms with Crippen molar-refractivity contribution in [1.29, 1.82) is 0 Å². The molecule has 0 aliphatic carbocycles. The van der Waals surface area contributed by atoms with Crippen molar-refractivity contribution in [3.8, 4) is 0 Å². The minimum absolute atomic E-state index is 0.327. The summed E-state index contributed by atoms with van der Waals surface area (Å²) in [5, 5.41) is 0. The second-order valence-corrected chi connectivity index (χ2v) is 4.95. The third-order valence-corrected chi connectivity index (χ3v) is 3.14. The van der Waals surface area contributed by atoms with Crippen LogP contribution in [0.25, 0.3) is 0 Å². The summed E-state index contributed by atoms with van der Waals surface area (Å²) in [6, 6.07) is 9.40. The molecule has 0 unspecified atom stereocenters. The fourth-order valence-corrected chi connectivity index (χ4v) is 2.09. The number of benzene rings is 1. The largest absolute Gasteiger partial charge is 0.324 e. The minimum atomic E-state index is -0.327. The number of halogens is 2. The molecule has 0 amide bonds. The van der Waals surface area contributed by atoms with Crippen molar-refractivity contribution in [1.82, 2.24) is 4.98 Å². The summed E-state index contributed by atoms with van der Waals surface area (Å²) >= 11 is 3.21. The summed E-state index contributed by atoms with van der Waals surface area (Å²) in [6.45, 7) is 4.66. The van der Waals surface area contributed by atoms with E-state index >= 15 is 0 Å². The highest BCUT2D eigenvalue weighted by molar-refractivity contribution is 9.10. The van der Waals surface area contributed by atoms with E-state index in [-0.39, 0.29) is 5.82 Å². The maximum atomic E-state index is 13.9. The summed E-state index contributed by atoms with van der Waals surface area (Å²) in [5.41, 5.74) is 2.12. The van der Waals surface area contributed by atoms with Crippen molar-refractivity contribution < 1.29 is 4.39 Å². The molecule has 0 bridgehead atoms. The van der Waals surface area contributed by atoms with Gasteiger partial charge in [-0.25, -0.2) is 9.37 Å². The van der Waals surface area contributed by atoms with Crippen LogP contribution < -0.4 is 4.90 Å². The molecule has 94 valence electrons. The van der Waals surface area contributed by atoms with Crippen LogP contribution in [0, 0.1) is 12.7 Å². The van der Waals surface area contributed by atoms with Crippen LogP contribution in [-0.2, 0) is 0 Å². The molecule has 0 aliphatic heterocycles. The highest BCUT2D eigenvalue weighted by Gasteiger charge is 2.13. The number of rotatable bonds is 3. The first-order valence-electron chi connectivity index (χ1n) is 5.77. The smallest absolute Gasteiger partial charge is 0.169 e. The maximum absolute atomic E-state index is 13.9. The molecule has 2 aromatic rings. The lowest BCUT2D eigenvalue weighted by atomic mass is 10.2. The van der Waals surface area contributed by atoms with Crippen LogP contribution in [0.2, 0.25) is 0 Å². The number of hydrogen-bond donors (Lipinski definition) is 0. The summed E-state index contributed by atoms with van der Waals surface area (Å²) < 4.78 is 14.6. The minimum Gasteiger partial charge on any atom is -0.324 e. The SMILES string of the molecule is CCN(c1ccc(C)cc1)c1ncc(Br)cc1F. The van der Waals surface area contributed by atoms with Crippen LogP contribution in [-0.4, -0.2) is 11.5 Å². The van der Waals surface area contributed by atoms with Gasteiger partial charge in [0.1, 0.15) is 0 Å². The molecule has 0 fully saturated rings. The first kappa shape index (κ1) is 13.0. The Hall–Kier alpha value is -1.42. The van der Waals surface area contributed by atoms with Crippen molar-refractivity contribution in [3.05, 3.63) is 52.4 Å². The van der Waals surface area contributed by atoms with E-state index in [1.165, 1.54) is 11.6 Å². The molecule has 2 nitrogen and oxygen atoms in total. The zero-order valence-electron chi connectivity index (χ0n) is 10.3. The average Bonchev–Trinajstić information content (AvgIpc) is 2.35. The Morgan fingerprint density at radius 2 is 1.94 bits per heavy atom. The van der Waals surface area contributed by atoms with E-state index in [1.54, 1.807) is 6.20 Å². The Morgan fingerprint density at radius 3 is 2.50 bits per heavy atom. The molecule has 0 radical (unpaired) electrons. The van der Waals surface area contributed by atoms with Crippen molar-refractivity contribution in [2.75, 3.05) is 11.4 Å². The van der Waals surface area contributed by atoms with Gasteiger partial charge in [-0.3, -0.25) is 0 Å². The summed E-state index contributed by atoms with van der Waals surface area (Å²) in [5.74, 6) is 0.0244. The Bertz CT molecular complexity index is 540. The fraction of sp³-hybridized carbons (Fsp3) is 0.214. The topological polar surface area (TPSA) is 16.1 Å². The fourth-order valence-electron chi connectivity index (χ4n) is 1.79. The number of aromatic nitrogens is 1. The van der Waals surface area contributed by atoms with Gasteiger partial charge in [0.25, 0.3) is 0 Å². The van der Waals surface area contributed by atoms with Gasteiger partial charge in [-0.1, -0.05) is 17.7 Å². The van der Waals surface area contributed by atoms with E-state index < -0.39 is 0 Å². The first-order valence-corrected chi connectivity index (χ1v) is 6.56. The molecule has 0 N–H and O–H groups in total. The van der Waals surface area contributed by atoms with Gasteiger partial charge in [0.15, 0.2) is 11.6 Å². The Morgan fingerprint density at radius 1 is 1.28 bits per heavy atom. The number of hydrogen-bond acceptors (Lipinski definition) is 2. The van der Waals surface area contributed by atoms with Crippen molar-refractivity contribution in [2.45, 2.75) is 13.8 Å². The summed E-state index contributed by atoms with van der Waals surface area (Å²) in [4.78, 5) is 6.00. The second-order valence-electron chi connectivity index (χ2n) is 4.04. The molecular weight excluding hydrogens is 295 g/mol. The van der Waals surface area contributed by atoms with E-state index in [2.05, 4.69) is 20.9 Å². The molecule has 4 heteroatoms. The van der Waals surface area contributed by atoms with Gasteiger partial charge < -0.3 is 4.90 Å². The van der Waals surface area contributed by atoms with Crippen LogP contribution >= 0.6 is 15.9 Å². The van der Waals surface area contributed by atoms with Crippen molar-refractivity contribution in [2.24, 2.45) is 0 Å². The van der Waals surface area contributed by atoms with Gasteiger partial charge in [-0.05, 0) is 48.0 Å². The quantitative estimate of drug-likeness (QED) is 0.833. The third-order valence-electron chi connectivity index (χ3n) is 2.71. The Balaban J connectivity index is 2.41. The number of pyridine rings is 1. The highest BCUT2D eigenvalue weighted by atomic mass is 79.9. The van der Waals surface area contributed by atoms with Crippen molar-refractivity contribution >= 4 is 27.4 Å². The van der Waals surface area contributed by atoms with Crippen molar-refractivity contribution in [3.63, 3.8) is 0 Å². The molecule has 1 aromatic carbocycles. The van der Waals surface area contributed by atoms with Gasteiger partial charge in [0.05, 0.1) is 0 Å². The molecule has 1 heterocycles. The van der Waals surface area contributed by atoms with Gasteiger partial charge >= 0.3 is 0 Å². The van der Waals surface area contributed by atoms with E-state index in [4.69, 9.17) is 0 Å². The van der Waals surface area contributed by atoms with Crippen LogP contribution in [0.15, 0.2) is 41.0 Å². The lowest BCUT2D eigenvalue weighted by molar-refractivity contribution is 0.618. The molecule has 18 heavy (non-hydrogen) atoms. The van der Waals surface area contributed by atoms with Gasteiger partial charge in [-0.15, -0.1) is 0 Å². The predicted molar refractivity (Wildman–Crippen MR) is 75.8 cm³/mol. The zero-order valence-corrected chi connectivity index (χ0v) is 11.9. The van der Waals surface area contributed by atoms with Crippen LogP contribution in [0.5, 0.6) is 0 Å². The average molecular weight is 309 g/mol. The Labute approximate surface area is 115 Å². The van der Waals surface area contributed by atoms with Crippen LogP contribution in [0.4, 0.5) is 15.9 Å². The number of aryl methyl sites for hydroxylation is 1. The maximum Gasteiger partial charge on any atom is 0.169 e. The lowest BCUT2D eigenvalue weighted by Gasteiger charge is -2.22. The second kappa shape index (κ2) is 5.48. The monoisotopic (exact) mass is 308 g/mol. The molecule has 0 saturated heterocycles. The predicted octanol–water partition coefficient (Wildman–Crippen LogP) is 4.45. The molecule has 2 rings (SSSR count). The molecule has 0 aliphatic rings. The van der Waals surface area contributed by atoms with Gasteiger partial charge in [-0.2, -0.15) is 0 Å². The molecule has 0 atom stereocenters. The van der Waals surface area contributed by atoms with Gasteiger partial charge in [0.2, 0.25) is 0 Å². The van der Waals surface area contributed by atoms with E-state index in [0.717, 1.165) is 5.69 Å². The zero-order chi connectivity index (χ0) is 13.1. The van der Waals surface area contributed by atoms with Gasteiger partial charge in [0, 0.05) is 22.9 Å². The first-order chi connectivity index (χ1) is 8.61. The third kappa shape index (κ3) is 2.70. The molecular formula is C14H14BrFN2. The summed E-state index contributed by atoms with van der Waals surface area (Å²) in [6.07, 6.45) is 1.61. The highest BCUT2D eigenvalue weighted by Crippen LogP contribution is 2.27. The molecule has 0 spiro atoms. The summed E-state index contributed by atoms with van der Waals surface area (Å²) in [7, 11) is 0. The van der Waals surface area contributed by atoms with E-state index in [1.807, 2.05) is 43.0 Å². The number of nitrogens with zero attached hydrogens (tertiary/aromatic N) is 2. The number of anilines is 2. The normalized spacial score (nSPS) is 10.4. The van der Waals surface area contributed by atoms with Crippen LogP contribution in [0.3, 0.4) is 0 Å². The molecule has 1 aromatic heterocycles. The lowest BCUT2D eigenvalue weighted by Crippen LogP contribution is -2.18. The van der Waals surface area contributed by atoms with Crippen LogP contribution in [0.1, 0.15) is 12.5 Å². The molecule has 0 saturated carbocycles. The Kier molecular flexibility index (Phi) is 3.97. The van der Waals surface area contributed by atoms with E-state index in [0.29, 0.717) is 16.8 Å². The standard InChI is InChI=1S/C14H14BrFN2/c1-3-18(12-6-4-10(2)5-7-12)14-13(16)8-11(15)9-17-14/h4-9H,3H2,1-2H3.